The highest BCUT2D eigenvalue weighted by Gasteiger charge is 2.26. The molecule has 1 aliphatic carbocycles. The van der Waals surface area contributed by atoms with E-state index in [1.807, 2.05) is 12.1 Å². The number of phenols is 1. The minimum absolute atomic E-state index is 0.282. The lowest BCUT2D eigenvalue weighted by Gasteiger charge is -2.04. The number of benzene rings is 1. The van der Waals surface area contributed by atoms with Gasteiger partial charge in [-0.2, -0.15) is 0 Å². The lowest BCUT2D eigenvalue weighted by molar-refractivity contribution is 0.475. The highest BCUT2D eigenvalue weighted by molar-refractivity contribution is 5.85. The fraction of sp³-hybridized carbons (Fsp3) is 0.250. The van der Waals surface area contributed by atoms with Crippen molar-refractivity contribution in [2.45, 2.75) is 19.3 Å². The summed E-state index contributed by atoms with van der Waals surface area (Å²) in [4.78, 5) is 12.2. The highest BCUT2D eigenvalue weighted by Crippen LogP contribution is 2.38. The zero-order valence-electron chi connectivity index (χ0n) is 11.0. The molecule has 2 N–H and O–H groups in total. The number of aromatic nitrogens is 3. The Morgan fingerprint density at radius 2 is 1.85 bits per heavy atom. The Morgan fingerprint density at radius 3 is 2.60 bits per heavy atom. The number of hydrogen-bond donors (Lipinski definition) is 2. The van der Waals surface area contributed by atoms with Gasteiger partial charge >= 0.3 is 0 Å². The fourth-order valence-electron chi connectivity index (χ4n) is 2.65. The zero-order valence-corrected chi connectivity index (χ0v) is 11.0. The second kappa shape index (κ2) is 4.34. The third kappa shape index (κ3) is 1.93. The van der Waals surface area contributed by atoms with Crippen LogP contribution in [0, 0.1) is 5.92 Å². The first kappa shape index (κ1) is 11.5. The smallest absolute Gasteiger partial charge is 0.156 e. The molecule has 1 aromatic carbocycles. The Morgan fingerprint density at radius 1 is 1.10 bits per heavy atom. The summed E-state index contributed by atoms with van der Waals surface area (Å²) in [7, 11) is 0. The maximum absolute atomic E-state index is 9.43. The van der Waals surface area contributed by atoms with Crippen LogP contribution in [-0.4, -0.2) is 20.1 Å². The Kier molecular flexibility index (Phi) is 2.49. The molecule has 0 bridgehead atoms. The van der Waals surface area contributed by atoms with Gasteiger partial charge in [0.1, 0.15) is 11.3 Å². The van der Waals surface area contributed by atoms with Crippen molar-refractivity contribution in [2.75, 3.05) is 0 Å². The molecule has 1 fully saturated rings. The lowest BCUT2D eigenvalue weighted by Crippen LogP contribution is -1.90. The highest BCUT2D eigenvalue weighted by atomic mass is 16.3. The molecule has 2 aromatic heterocycles. The quantitative estimate of drug-likeness (QED) is 0.764. The van der Waals surface area contributed by atoms with Gasteiger partial charge in [-0.3, -0.25) is 4.98 Å². The van der Waals surface area contributed by atoms with Gasteiger partial charge in [0.25, 0.3) is 0 Å². The van der Waals surface area contributed by atoms with E-state index in [1.165, 1.54) is 18.4 Å². The van der Waals surface area contributed by atoms with Gasteiger partial charge in [-0.25, -0.2) is 4.98 Å². The summed E-state index contributed by atoms with van der Waals surface area (Å²) < 4.78 is 0. The number of aromatic hydroxyl groups is 1. The van der Waals surface area contributed by atoms with Crippen LogP contribution < -0.4 is 0 Å². The normalized spacial score (nSPS) is 14.8. The number of hydrogen-bond acceptors (Lipinski definition) is 3. The first-order chi connectivity index (χ1) is 9.81. The van der Waals surface area contributed by atoms with Crippen LogP contribution in [0.1, 0.15) is 18.4 Å². The van der Waals surface area contributed by atoms with Crippen molar-refractivity contribution in [3.05, 3.63) is 42.2 Å². The number of phenolic OH excluding ortho intramolecular Hbond substituents is 1. The van der Waals surface area contributed by atoms with Crippen LogP contribution >= 0.6 is 0 Å². The molecule has 0 unspecified atom stereocenters. The number of nitrogens with zero attached hydrogens (tertiary/aromatic N) is 2. The molecule has 0 amide bonds. The van der Waals surface area contributed by atoms with Gasteiger partial charge in [0.15, 0.2) is 5.65 Å². The fourth-order valence-corrected chi connectivity index (χ4v) is 2.65. The van der Waals surface area contributed by atoms with Crippen molar-refractivity contribution in [3.8, 4) is 17.0 Å². The monoisotopic (exact) mass is 265 g/mol. The molecule has 1 saturated carbocycles. The SMILES string of the molecule is Oc1ccc(-c2[nH]c3nccnc3c2CC2CC2)cc1. The van der Waals surface area contributed by atoms with Gasteiger partial charge in [0, 0.05) is 18.0 Å². The summed E-state index contributed by atoms with van der Waals surface area (Å²) in [6.45, 7) is 0. The first-order valence-corrected chi connectivity index (χ1v) is 6.92. The van der Waals surface area contributed by atoms with E-state index in [0.717, 1.165) is 34.8 Å². The van der Waals surface area contributed by atoms with E-state index in [4.69, 9.17) is 0 Å². The Bertz CT molecular complexity index is 757. The summed E-state index contributed by atoms with van der Waals surface area (Å²) in [5, 5.41) is 9.43. The standard InChI is InChI=1S/C16H15N3O/c20-12-5-3-11(4-6-12)14-13(9-10-1-2-10)15-16(19-14)18-8-7-17-15/h3-8,10,20H,1-2,9H2,(H,18,19). The van der Waals surface area contributed by atoms with E-state index in [1.54, 1.807) is 24.5 Å². The second-order valence-corrected chi connectivity index (χ2v) is 5.43. The van der Waals surface area contributed by atoms with E-state index in [9.17, 15) is 5.11 Å². The molecule has 4 rings (SSSR count). The molecule has 0 radical (unpaired) electrons. The molecule has 2 heterocycles. The average Bonchev–Trinajstić information content (AvgIpc) is 3.21. The van der Waals surface area contributed by atoms with Crippen LogP contribution in [0.2, 0.25) is 0 Å². The Labute approximate surface area is 116 Å². The number of rotatable bonds is 3. The van der Waals surface area contributed by atoms with Crippen molar-refractivity contribution in [3.63, 3.8) is 0 Å². The van der Waals surface area contributed by atoms with Gasteiger partial charge in [-0.15, -0.1) is 0 Å². The Hall–Kier alpha value is -2.36. The third-order valence-electron chi connectivity index (χ3n) is 3.87. The van der Waals surface area contributed by atoms with Gasteiger partial charge in [-0.05, 0) is 55.0 Å². The molecule has 0 spiro atoms. The molecule has 4 heteroatoms. The second-order valence-electron chi connectivity index (χ2n) is 5.43. The minimum atomic E-state index is 0.282. The molecule has 0 atom stereocenters. The number of H-pyrrole nitrogens is 1. The summed E-state index contributed by atoms with van der Waals surface area (Å²) in [6, 6.07) is 7.28. The van der Waals surface area contributed by atoms with E-state index < -0.39 is 0 Å². The van der Waals surface area contributed by atoms with Crippen molar-refractivity contribution in [2.24, 2.45) is 5.92 Å². The maximum Gasteiger partial charge on any atom is 0.156 e. The molecule has 100 valence electrons. The average molecular weight is 265 g/mol. The van der Waals surface area contributed by atoms with Crippen LogP contribution in [-0.2, 0) is 6.42 Å². The van der Waals surface area contributed by atoms with Gasteiger partial charge < -0.3 is 10.1 Å². The van der Waals surface area contributed by atoms with E-state index >= 15 is 0 Å². The van der Waals surface area contributed by atoms with Crippen LogP contribution in [0.4, 0.5) is 0 Å². The number of aromatic amines is 1. The molecule has 20 heavy (non-hydrogen) atoms. The van der Waals surface area contributed by atoms with Gasteiger partial charge in [0.2, 0.25) is 0 Å². The van der Waals surface area contributed by atoms with Crippen LogP contribution in [0.3, 0.4) is 0 Å². The largest absolute Gasteiger partial charge is 0.508 e. The van der Waals surface area contributed by atoms with Crippen molar-refractivity contribution < 1.29 is 5.11 Å². The Balaban J connectivity index is 1.90. The van der Waals surface area contributed by atoms with E-state index in [2.05, 4.69) is 15.0 Å². The lowest BCUT2D eigenvalue weighted by atomic mass is 10.0. The van der Waals surface area contributed by atoms with Crippen LogP contribution in [0.5, 0.6) is 5.75 Å². The topological polar surface area (TPSA) is 61.8 Å². The molecular weight excluding hydrogens is 250 g/mol. The van der Waals surface area contributed by atoms with Gasteiger partial charge in [0.05, 0.1) is 5.69 Å². The predicted octanol–water partition coefficient (Wildman–Crippen LogP) is 3.28. The number of fused-ring (bicyclic) bond motifs is 1. The molecule has 4 nitrogen and oxygen atoms in total. The minimum Gasteiger partial charge on any atom is -0.508 e. The molecule has 0 saturated heterocycles. The molecule has 0 aliphatic heterocycles. The first-order valence-electron chi connectivity index (χ1n) is 6.92. The van der Waals surface area contributed by atoms with Gasteiger partial charge in [-0.1, -0.05) is 0 Å². The zero-order chi connectivity index (χ0) is 13.5. The summed E-state index contributed by atoms with van der Waals surface area (Å²) in [5.74, 6) is 1.07. The van der Waals surface area contributed by atoms with Crippen LogP contribution in [0.25, 0.3) is 22.4 Å². The molecular formula is C16H15N3O. The molecule has 1 aliphatic rings. The summed E-state index contributed by atoms with van der Waals surface area (Å²) in [6.07, 6.45) is 7.12. The van der Waals surface area contributed by atoms with Crippen molar-refractivity contribution >= 4 is 11.2 Å². The van der Waals surface area contributed by atoms with Crippen molar-refractivity contribution in [1.82, 2.24) is 15.0 Å². The van der Waals surface area contributed by atoms with Crippen molar-refractivity contribution in [1.29, 1.82) is 0 Å². The molecule has 3 aromatic rings. The van der Waals surface area contributed by atoms with Crippen LogP contribution in [0.15, 0.2) is 36.7 Å². The van der Waals surface area contributed by atoms with E-state index in [-0.39, 0.29) is 5.75 Å². The number of nitrogens with one attached hydrogen (secondary N) is 1. The predicted molar refractivity (Wildman–Crippen MR) is 77.4 cm³/mol. The summed E-state index contributed by atoms with van der Waals surface area (Å²) in [5.41, 5.74) is 5.21. The third-order valence-corrected chi connectivity index (χ3v) is 3.87. The van der Waals surface area contributed by atoms with E-state index in [0.29, 0.717) is 0 Å². The maximum atomic E-state index is 9.43. The summed E-state index contributed by atoms with van der Waals surface area (Å²) >= 11 is 0.